The Balaban J connectivity index is 1.11. The van der Waals surface area contributed by atoms with Crippen molar-refractivity contribution in [2.75, 3.05) is 0 Å². The zero-order valence-electron chi connectivity index (χ0n) is 31.2. The van der Waals surface area contributed by atoms with Gasteiger partial charge in [-0.25, -0.2) is 0 Å². The minimum atomic E-state index is 0.843. The standard InChI is InChI=1S/C54H32N2O2/c1-3-13-36(14-4-1)55-45-20-10-7-17-38(45)42-29-33(23-25-47(42)55)35-31-41(54-44(32-35)53-51(58-54)28-27-50-52(53)40-19-9-12-22-49(40)57-50)34-24-26-48-43(30-34)39-18-8-11-21-46(39)56(48)37-15-5-2-6-16-37/h1-32H. The summed E-state index contributed by atoms with van der Waals surface area (Å²) in [5, 5.41) is 9.17. The molecule has 58 heavy (non-hydrogen) atoms. The average Bonchev–Trinajstić information content (AvgIpc) is 4.04. The van der Waals surface area contributed by atoms with Gasteiger partial charge in [-0.15, -0.1) is 0 Å². The first-order chi connectivity index (χ1) is 28.8. The van der Waals surface area contributed by atoms with Crippen LogP contribution in [0.1, 0.15) is 0 Å². The second-order valence-electron chi connectivity index (χ2n) is 15.3. The summed E-state index contributed by atoms with van der Waals surface area (Å²) in [6, 6.07) is 69.5. The Morgan fingerprint density at radius 1 is 0.293 bits per heavy atom. The second kappa shape index (κ2) is 11.8. The fourth-order valence-electron chi connectivity index (χ4n) is 9.57. The van der Waals surface area contributed by atoms with Gasteiger partial charge in [0.25, 0.3) is 0 Å². The predicted octanol–water partition coefficient (Wildman–Crippen LogP) is 15.0. The van der Waals surface area contributed by atoms with Crippen LogP contribution in [0, 0.1) is 0 Å². The number of hydrogen-bond donors (Lipinski definition) is 0. The third-order valence-electron chi connectivity index (χ3n) is 12.1. The molecule has 4 nitrogen and oxygen atoms in total. The van der Waals surface area contributed by atoms with Crippen LogP contribution in [-0.4, -0.2) is 9.13 Å². The molecule has 0 aliphatic rings. The SMILES string of the molecule is c1ccc(-n2c3ccccc3c3cc(-c4cc(-c5ccc6c(c5)c5ccccc5n6-c5ccccc5)c5oc6ccc7oc8ccccc8c7c6c5c4)ccc32)cc1. The Morgan fingerprint density at radius 2 is 0.776 bits per heavy atom. The monoisotopic (exact) mass is 740 g/mol. The van der Waals surface area contributed by atoms with Gasteiger partial charge < -0.3 is 18.0 Å². The van der Waals surface area contributed by atoms with Crippen LogP contribution in [0.2, 0.25) is 0 Å². The summed E-state index contributed by atoms with van der Waals surface area (Å²) in [7, 11) is 0. The maximum Gasteiger partial charge on any atom is 0.143 e. The summed E-state index contributed by atoms with van der Waals surface area (Å²) in [6.07, 6.45) is 0. The van der Waals surface area contributed by atoms with E-state index < -0.39 is 0 Å². The van der Waals surface area contributed by atoms with Crippen molar-refractivity contribution in [3.63, 3.8) is 0 Å². The lowest BCUT2D eigenvalue weighted by atomic mass is 9.93. The van der Waals surface area contributed by atoms with Gasteiger partial charge in [-0.3, -0.25) is 0 Å². The highest BCUT2D eigenvalue weighted by Gasteiger charge is 2.22. The molecule has 9 aromatic carbocycles. The van der Waals surface area contributed by atoms with Crippen LogP contribution in [0.3, 0.4) is 0 Å². The van der Waals surface area contributed by atoms with E-state index in [0.29, 0.717) is 0 Å². The fourth-order valence-corrected chi connectivity index (χ4v) is 9.57. The molecule has 0 N–H and O–H groups in total. The van der Waals surface area contributed by atoms with E-state index >= 15 is 0 Å². The van der Waals surface area contributed by atoms with Crippen molar-refractivity contribution in [1.29, 1.82) is 0 Å². The molecule has 0 atom stereocenters. The molecule has 0 aliphatic heterocycles. The Bertz CT molecular complexity index is 3790. The van der Waals surface area contributed by atoms with Gasteiger partial charge in [0.05, 0.1) is 22.1 Å². The number of furan rings is 2. The summed E-state index contributed by atoms with van der Waals surface area (Å²) in [5.74, 6) is 0. The average molecular weight is 741 g/mol. The van der Waals surface area contributed by atoms with Crippen LogP contribution in [0.15, 0.2) is 203 Å². The van der Waals surface area contributed by atoms with E-state index in [1.807, 2.05) is 18.2 Å². The van der Waals surface area contributed by atoms with E-state index in [1.165, 1.54) is 43.6 Å². The number of hydrogen-bond acceptors (Lipinski definition) is 2. The number of aromatic nitrogens is 2. The quantitative estimate of drug-likeness (QED) is 0.180. The van der Waals surface area contributed by atoms with Crippen molar-refractivity contribution in [3.8, 4) is 33.6 Å². The molecular formula is C54H32N2O2. The lowest BCUT2D eigenvalue weighted by Gasteiger charge is -2.11. The van der Waals surface area contributed by atoms with Crippen molar-refractivity contribution in [3.05, 3.63) is 194 Å². The van der Waals surface area contributed by atoms with Gasteiger partial charge in [0, 0.05) is 60.0 Å². The number of fused-ring (bicyclic) bond motifs is 13. The number of nitrogens with zero attached hydrogens (tertiary/aromatic N) is 2. The summed E-state index contributed by atoms with van der Waals surface area (Å²) >= 11 is 0. The smallest absolute Gasteiger partial charge is 0.143 e. The molecular weight excluding hydrogens is 709 g/mol. The van der Waals surface area contributed by atoms with Crippen LogP contribution >= 0.6 is 0 Å². The Hall–Kier alpha value is -7.82. The largest absolute Gasteiger partial charge is 0.456 e. The maximum atomic E-state index is 6.96. The summed E-state index contributed by atoms with van der Waals surface area (Å²) in [6.45, 7) is 0. The van der Waals surface area contributed by atoms with Gasteiger partial charge in [0.2, 0.25) is 0 Å². The molecule has 0 unspecified atom stereocenters. The molecule has 0 amide bonds. The highest BCUT2D eigenvalue weighted by molar-refractivity contribution is 6.27. The molecule has 4 heteroatoms. The zero-order valence-corrected chi connectivity index (χ0v) is 31.2. The topological polar surface area (TPSA) is 36.1 Å². The Kier molecular flexibility index (Phi) is 6.41. The molecule has 0 saturated carbocycles. The van der Waals surface area contributed by atoms with E-state index in [4.69, 9.17) is 8.83 Å². The van der Waals surface area contributed by atoms with E-state index in [1.54, 1.807) is 0 Å². The third-order valence-corrected chi connectivity index (χ3v) is 12.1. The summed E-state index contributed by atoms with van der Waals surface area (Å²) < 4.78 is 18.1. The van der Waals surface area contributed by atoms with E-state index in [0.717, 1.165) is 77.5 Å². The van der Waals surface area contributed by atoms with Crippen LogP contribution in [0.25, 0.3) is 121 Å². The highest BCUT2D eigenvalue weighted by Crippen LogP contribution is 2.46. The molecule has 0 saturated heterocycles. The predicted molar refractivity (Wildman–Crippen MR) is 241 cm³/mol. The highest BCUT2D eigenvalue weighted by atomic mass is 16.3. The van der Waals surface area contributed by atoms with Gasteiger partial charge in [-0.2, -0.15) is 0 Å². The van der Waals surface area contributed by atoms with Gasteiger partial charge in [0.1, 0.15) is 22.3 Å². The second-order valence-corrected chi connectivity index (χ2v) is 15.3. The molecule has 0 aliphatic carbocycles. The number of benzene rings is 9. The lowest BCUT2D eigenvalue weighted by molar-refractivity contribution is 0.663. The number of para-hydroxylation sites is 5. The number of rotatable bonds is 4. The molecule has 13 rings (SSSR count). The molecule has 0 spiro atoms. The first-order valence-corrected chi connectivity index (χ1v) is 19.8. The maximum absolute atomic E-state index is 6.96. The lowest BCUT2D eigenvalue weighted by Crippen LogP contribution is -1.93. The van der Waals surface area contributed by atoms with E-state index in [2.05, 4.69) is 185 Å². The first-order valence-electron chi connectivity index (χ1n) is 19.8. The molecule has 0 radical (unpaired) electrons. The minimum absolute atomic E-state index is 0.843. The fraction of sp³-hybridized carbons (Fsp3) is 0. The zero-order chi connectivity index (χ0) is 37.9. The first kappa shape index (κ1) is 31.4. The van der Waals surface area contributed by atoms with Crippen molar-refractivity contribution in [1.82, 2.24) is 9.13 Å². The van der Waals surface area contributed by atoms with Crippen molar-refractivity contribution < 1.29 is 8.83 Å². The van der Waals surface area contributed by atoms with Crippen LogP contribution in [0.4, 0.5) is 0 Å². The molecule has 13 aromatic rings. The Morgan fingerprint density at radius 3 is 1.43 bits per heavy atom. The van der Waals surface area contributed by atoms with Crippen LogP contribution < -0.4 is 0 Å². The normalized spacial score (nSPS) is 12.1. The van der Waals surface area contributed by atoms with Gasteiger partial charge in [0.15, 0.2) is 0 Å². The van der Waals surface area contributed by atoms with Crippen molar-refractivity contribution >= 4 is 87.5 Å². The molecule has 4 heterocycles. The molecule has 0 fully saturated rings. The van der Waals surface area contributed by atoms with Crippen LogP contribution in [-0.2, 0) is 0 Å². The third kappa shape index (κ3) is 4.40. The van der Waals surface area contributed by atoms with Crippen molar-refractivity contribution in [2.45, 2.75) is 0 Å². The van der Waals surface area contributed by atoms with Gasteiger partial charge in [-0.1, -0.05) is 103 Å². The minimum Gasteiger partial charge on any atom is -0.456 e. The molecule has 0 bridgehead atoms. The Labute approximate surface area is 332 Å². The van der Waals surface area contributed by atoms with Crippen molar-refractivity contribution in [2.24, 2.45) is 0 Å². The van der Waals surface area contributed by atoms with Crippen LogP contribution in [0.5, 0.6) is 0 Å². The van der Waals surface area contributed by atoms with E-state index in [9.17, 15) is 0 Å². The van der Waals surface area contributed by atoms with Gasteiger partial charge in [-0.05, 0) is 108 Å². The summed E-state index contributed by atoms with van der Waals surface area (Å²) in [4.78, 5) is 0. The molecule has 270 valence electrons. The molecule has 4 aromatic heterocycles. The van der Waals surface area contributed by atoms with E-state index in [-0.39, 0.29) is 0 Å². The summed E-state index contributed by atoms with van der Waals surface area (Å²) in [5.41, 5.74) is 14.9. The van der Waals surface area contributed by atoms with Gasteiger partial charge >= 0.3 is 0 Å².